The molecule has 0 unspecified atom stereocenters. The Kier molecular flexibility index (Phi) is 4.88. The first-order valence-corrected chi connectivity index (χ1v) is 8.02. The van der Waals surface area contributed by atoms with E-state index in [2.05, 4.69) is 19.2 Å². The van der Waals surface area contributed by atoms with E-state index in [0.717, 1.165) is 44.9 Å². The van der Waals surface area contributed by atoms with Crippen LogP contribution in [0.15, 0.2) is 0 Å². The first-order valence-electron chi connectivity index (χ1n) is 8.02. The van der Waals surface area contributed by atoms with Gasteiger partial charge in [-0.15, -0.1) is 0 Å². The van der Waals surface area contributed by atoms with E-state index in [9.17, 15) is 9.90 Å². The van der Waals surface area contributed by atoms with Gasteiger partial charge in [0.05, 0.1) is 12.1 Å². The number of carbonyl (C=O) groups excluding carboxylic acids is 1. The van der Waals surface area contributed by atoms with Crippen LogP contribution in [-0.2, 0) is 4.79 Å². The number of aliphatic hydroxyl groups is 1. The Balaban J connectivity index is 1.99. The van der Waals surface area contributed by atoms with Crippen molar-refractivity contribution in [2.45, 2.75) is 83.8 Å². The molecule has 0 saturated heterocycles. The molecule has 110 valence electrons. The number of hydrogen-bond acceptors (Lipinski definition) is 2. The topological polar surface area (TPSA) is 49.3 Å². The van der Waals surface area contributed by atoms with Crippen LogP contribution < -0.4 is 5.32 Å². The van der Waals surface area contributed by atoms with E-state index < -0.39 is 0 Å². The molecule has 0 aromatic heterocycles. The van der Waals surface area contributed by atoms with Gasteiger partial charge in [0.1, 0.15) is 0 Å². The normalized spacial score (nSPS) is 30.5. The molecule has 0 aliphatic heterocycles. The second-order valence-corrected chi connectivity index (χ2v) is 7.02. The third-order valence-electron chi connectivity index (χ3n) is 4.89. The number of amides is 1. The first kappa shape index (κ1) is 14.8. The zero-order valence-electron chi connectivity index (χ0n) is 12.5. The molecule has 0 heterocycles. The highest BCUT2D eigenvalue weighted by atomic mass is 16.3. The van der Waals surface area contributed by atoms with E-state index in [4.69, 9.17) is 0 Å². The maximum absolute atomic E-state index is 12.7. The Morgan fingerprint density at radius 1 is 1.21 bits per heavy atom. The van der Waals surface area contributed by atoms with Gasteiger partial charge in [0.25, 0.3) is 0 Å². The van der Waals surface area contributed by atoms with Gasteiger partial charge in [-0.3, -0.25) is 4.79 Å². The Bertz CT molecular complexity index is 308. The van der Waals surface area contributed by atoms with Crippen LogP contribution >= 0.6 is 0 Å². The van der Waals surface area contributed by atoms with Crippen LogP contribution in [0.25, 0.3) is 0 Å². The van der Waals surface area contributed by atoms with Crippen LogP contribution in [0.4, 0.5) is 0 Å². The molecule has 0 aromatic rings. The summed E-state index contributed by atoms with van der Waals surface area (Å²) in [4.78, 5) is 12.7. The highest BCUT2D eigenvalue weighted by Crippen LogP contribution is 2.43. The predicted octanol–water partition coefficient (Wildman–Crippen LogP) is 3.01. The molecular weight excluding hydrogens is 238 g/mol. The predicted molar refractivity (Wildman–Crippen MR) is 76.8 cm³/mol. The third kappa shape index (κ3) is 3.50. The third-order valence-corrected chi connectivity index (χ3v) is 4.89. The van der Waals surface area contributed by atoms with Crippen LogP contribution in [0.2, 0.25) is 0 Å². The zero-order chi connectivity index (χ0) is 13.9. The summed E-state index contributed by atoms with van der Waals surface area (Å²) in [6.45, 7) is 4.39. The van der Waals surface area contributed by atoms with Crippen molar-refractivity contribution in [3.05, 3.63) is 0 Å². The van der Waals surface area contributed by atoms with Gasteiger partial charge < -0.3 is 10.4 Å². The minimum absolute atomic E-state index is 0.00844. The lowest BCUT2D eigenvalue weighted by Crippen LogP contribution is -2.50. The van der Waals surface area contributed by atoms with Crippen molar-refractivity contribution >= 4 is 5.91 Å². The van der Waals surface area contributed by atoms with Crippen molar-refractivity contribution in [2.24, 2.45) is 11.3 Å². The van der Waals surface area contributed by atoms with Crippen molar-refractivity contribution in [3.8, 4) is 0 Å². The molecular formula is C16H29NO2. The molecule has 0 radical (unpaired) electrons. The van der Waals surface area contributed by atoms with Crippen LogP contribution in [0.1, 0.15) is 71.6 Å². The summed E-state index contributed by atoms with van der Waals surface area (Å²) in [5.74, 6) is 0.768. The molecule has 2 saturated carbocycles. The molecule has 2 aliphatic rings. The Hall–Kier alpha value is -0.570. The average molecular weight is 267 g/mol. The Morgan fingerprint density at radius 3 is 2.42 bits per heavy atom. The molecule has 3 heteroatoms. The lowest BCUT2D eigenvalue weighted by atomic mass is 9.77. The van der Waals surface area contributed by atoms with Gasteiger partial charge in [-0.25, -0.2) is 0 Å². The molecule has 2 rings (SSSR count). The first-order chi connectivity index (χ1) is 9.03. The zero-order valence-corrected chi connectivity index (χ0v) is 12.5. The van der Waals surface area contributed by atoms with Crippen molar-refractivity contribution in [2.75, 3.05) is 0 Å². The second-order valence-electron chi connectivity index (χ2n) is 7.02. The SMILES string of the molecule is CC(C)CC1(C(=O)N[C@H]2CCCC[C@@H]2O)CCCC1. The van der Waals surface area contributed by atoms with Gasteiger partial charge in [-0.1, -0.05) is 39.5 Å². The summed E-state index contributed by atoms with van der Waals surface area (Å²) < 4.78 is 0. The van der Waals surface area contributed by atoms with Crippen molar-refractivity contribution in [3.63, 3.8) is 0 Å². The standard InChI is InChI=1S/C16H29NO2/c1-12(2)11-16(9-5-6-10-16)15(19)17-13-7-3-4-8-14(13)18/h12-14,18H,3-11H2,1-2H3,(H,17,19)/t13-,14-/m0/s1. The molecule has 2 aliphatic carbocycles. The molecule has 3 nitrogen and oxygen atoms in total. The quantitative estimate of drug-likeness (QED) is 0.822. The fraction of sp³-hybridized carbons (Fsp3) is 0.938. The lowest BCUT2D eigenvalue weighted by molar-refractivity contribution is -0.133. The molecule has 19 heavy (non-hydrogen) atoms. The van der Waals surface area contributed by atoms with Crippen molar-refractivity contribution < 1.29 is 9.90 Å². The fourth-order valence-electron chi connectivity index (χ4n) is 3.96. The van der Waals surface area contributed by atoms with Gasteiger partial charge >= 0.3 is 0 Å². The largest absolute Gasteiger partial charge is 0.391 e. The molecule has 2 atom stereocenters. The number of carbonyl (C=O) groups is 1. The summed E-state index contributed by atoms with van der Waals surface area (Å²) in [6.07, 6.45) is 9.04. The minimum Gasteiger partial charge on any atom is -0.391 e. The molecule has 0 spiro atoms. The highest BCUT2D eigenvalue weighted by molar-refractivity contribution is 5.83. The minimum atomic E-state index is -0.338. The number of rotatable bonds is 4. The van der Waals surface area contributed by atoms with E-state index in [1.807, 2.05) is 0 Å². The fourth-order valence-corrected chi connectivity index (χ4v) is 3.96. The van der Waals surface area contributed by atoms with Crippen molar-refractivity contribution in [1.82, 2.24) is 5.32 Å². The summed E-state index contributed by atoms with van der Waals surface area (Å²) in [5.41, 5.74) is -0.147. The molecule has 0 bridgehead atoms. The summed E-state index contributed by atoms with van der Waals surface area (Å²) in [7, 11) is 0. The van der Waals surface area contributed by atoms with Crippen LogP contribution in [0.5, 0.6) is 0 Å². The van der Waals surface area contributed by atoms with Gasteiger partial charge in [0.2, 0.25) is 5.91 Å². The number of hydrogen-bond donors (Lipinski definition) is 2. The van der Waals surface area contributed by atoms with Crippen molar-refractivity contribution in [1.29, 1.82) is 0 Å². The van der Waals surface area contributed by atoms with Crippen LogP contribution in [0, 0.1) is 11.3 Å². The smallest absolute Gasteiger partial charge is 0.226 e. The summed E-state index contributed by atoms with van der Waals surface area (Å²) >= 11 is 0. The maximum Gasteiger partial charge on any atom is 0.226 e. The van der Waals surface area contributed by atoms with Crippen LogP contribution in [-0.4, -0.2) is 23.2 Å². The molecule has 0 aromatic carbocycles. The number of aliphatic hydroxyl groups excluding tert-OH is 1. The average Bonchev–Trinajstić information content (AvgIpc) is 2.81. The number of nitrogens with one attached hydrogen (secondary N) is 1. The monoisotopic (exact) mass is 267 g/mol. The Morgan fingerprint density at radius 2 is 1.84 bits per heavy atom. The molecule has 2 N–H and O–H groups in total. The Labute approximate surface area is 117 Å². The van der Waals surface area contributed by atoms with Gasteiger partial charge in [-0.2, -0.15) is 0 Å². The van der Waals surface area contributed by atoms with E-state index >= 15 is 0 Å². The highest BCUT2D eigenvalue weighted by Gasteiger charge is 2.42. The summed E-state index contributed by atoms with van der Waals surface area (Å²) in [5, 5.41) is 13.2. The second kappa shape index (κ2) is 6.25. The van der Waals surface area contributed by atoms with Gasteiger partial charge in [0, 0.05) is 5.41 Å². The molecule has 1 amide bonds. The maximum atomic E-state index is 12.7. The van der Waals surface area contributed by atoms with E-state index in [1.165, 1.54) is 12.8 Å². The van der Waals surface area contributed by atoms with Gasteiger partial charge in [-0.05, 0) is 38.0 Å². The van der Waals surface area contributed by atoms with Crippen LogP contribution in [0.3, 0.4) is 0 Å². The van der Waals surface area contributed by atoms with E-state index in [0.29, 0.717) is 5.92 Å². The lowest BCUT2D eigenvalue weighted by Gasteiger charge is -2.34. The van der Waals surface area contributed by atoms with E-state index in [1.54, 1.807) is 0 Å². The summed E-state index contributed by atoms with van der Waals surface area (Å²) in [6, 6.07) is -0.00844. The molecule has 2 fully saturated rings. The van der Waals surface area contributed by atoms with E-state index in [-0.39, 0.29) is 23.5 Å². The van der Waals surface area contributed by atoms with Gasteiger partial charge in [0.15, 0.2) is 0 Å².